The second-order valence-electron chi connectivity index (χ2n) is 7.87. The SMILES string of the molecule is CN1CCC(Oc2ccc(NC(=O)[C@@H]3C[C@@H](n4cc(C(=O)O)nn4)CN3)cc2)CC1.Cl.Cl. The van der Waals surface area contributed by atoms with Crippen LogP contribution in [-0.4, -0.2) is 75.7 Å². The molecule has 0 aliphatic carbocycles. The highest BCUT2D eigenvalue weighted by Crippen LogP contribution is 2.23. The molecular formula is C20H28Cl2N6O4. The number of nitrogens with zero attached hydrogens (tertiary/aromatic N) is 4. The maximum atomic E-state index is 12.6. The summed E-state index contributed by atoms with van der Waals surface area (Å²) in [4.78, 5) is 25.8. The summed E-state index contributed by atoms with van der Waals surface area (Å²) in [6, 6.07) is 6.92. The van der Waals surface area contributed by atoms with Gasteiger partial charge in [0.2, 0.25) is 5.91 Å². The second-order valence-corrected chi connectivity index (χ2v) is 7.87. The summed E-state index contributed by atoms with van der Waals surface area (Å²) in [6.07, 6.45) is 4.16. The van der Waals surface area contributed by atoms with Crippen molar-refractivity contribution in [2.24, 2.45) is 0 Å². The molecule has 2 atom stereocenters. The van der Waals surface area contributed by atoms with Crippen molar-refractivity contribution in [1.29, 1.82) is 0 Å². The first-order valence-electron chi connectivity index (χ1n) is 10.1. The number of likely N-dealkylation sites (tertiary alicyclic amines) is 1. The molecule has 0 spiro atoms. The van der Waals surface area contributed by atoms with Gasteiger partial charge in [0.1, 0.15) is 11.9 Å². The van der Waals surface area contributed by atoms with Gasteiger partial charge < -0.3 is 25.4 Å². The molecule has 0 bridgehead atoms. The molecule has 3 N–H and O–H groups in total. The van der Waals surface area contributed by atoms with Crippen LogP contribution in [0.15, 0.2) is 30.5 Å². The van der Waals surface area contributed by atoms with Gasteiger partial charge in [-0.3, -0.25) is 4.79 Å². The van der Waals surface area contributed by atoms with Crippen molar-refractivity contribution in [2.75, 3.05) is 32.0 Å². The third-order valence-corrected chi connectivity index (χ3v) is 5.62. The van der Waals surface area contributed by atoms with Gasteiger partial charge >= 0.3 is 5.97 Å². The molecule has 1 amide bonds. The molecule has 2 saturated heterocycles. The summed E-state index contributed by atoms with van der Waals surface area (Å²) >= 11 is 0. The number of benzene rings is 1. The molecule has 12 heteroatoms. The molecule has 3 heterocycles. The Morgan fingerprint density at radius 1 is 1.19 bits per heavy atom. The van der Waals surface area contributed by atoms with Gasteiger partial charge in [-0.2, -0.15) is 0 Å². The van der Waals surface area contributed by atoms with E-state index in [0.29, 0.717) is 18.7 Å². The molecule has 2 aliphatic heterocycles. The number of rotatable bonds is 6. The van der Waals surface area contributed by atoms with Crippen molar-refractivity contribution in [3.8, 4) is 5.75 Å². The lowest BCUT2D eigenvalue weighted by atomic mass is 10.1. The highest BCUT2D eigenvalue weighted by molar-refractivity contribution is 5.95. The Bertz CT molecular complexity index is 902. The number of aromatic nitrogens is 3. The Hall–Kier alpha value is -2.40. The van der Waals surface area contributed by atoms with Crippen LogP contribution in [0.5, 0.6) is 5.75 Å². The Kier molecular flexibility index (Phi) is 9.26. The number of hydrogen-bond acceptors (Lipinski definition) is 7. The maximum Gasteiger partial charge on any atom is 0.358 e. The number of piperidine rings is 1. The molecule has 10 nitrogen and oxygen atoms in total. The first-order chi connectivity index (χ1) is 14.5. The van der Waals surface area contributed by atoms with E-state index in [0.717, 1.165) is 31.7 Å². The van der Waals surface area contributed by atoms with Gasteiger partial charge in [0.15, 0.2) is 5.69 Å². The van der Waals surface area contributed by atoms with E-state index in [1.54, 1.807) is 0 Å². The van der Waals surface area contributed by atoms with Crippen LogP contribution < -0.4 is 15.4 Å². The van der Waals surface area contributed by atoms with Crippen LogP contribution in [0, 0.1) is 0 Å². The fraction of sp³-hybridized carbons (Fsp3) is 0.500. The smallest absolute Gasteiger partial charge is 0.358 e. The van der Waals surface area contributed by atoms with Gasteiger partial charge in [-0.25, -0.2) is 9.48 Å². The van der Waals surface area contributed by atoms with Crippen molar-refractivity contribution in [3.63, 3.8) is 0 Å². The van der Waals surface area contributed by atoms with Crippen molar-refractivity contribution in [1.82, 2.24) is 25.2 Å². The third kappa shape index (κ3) is 6.32. The number of hydrogen-bond donors (Lipinski definition) is 3. The minimum Gasteiger partial charge on any atom is -0.490 e. The minimum atomic E-state index is -1.12. The van der Waals surface area contributed by atoms with E-state index in [4.69, 9.17) is 9.84 Å². The number of amides is 1. The summed E-state index contributed by atoms with van der Waals surface area (Å²) in [5.74, 6) is -0.452. The lowest BCUT2D eigenvalue weighted by molar-refractivity contribution is -0.117. The second kappa shape index (κ2) is 11.5. The lowest BCUT2D eigenvalue weighted by Crippen LogP contribution is -2.35. The summed E-state index contributed by atoms with van der Waals surface area (Å²) in [6.45, 7) is 2.60. The number of nitrogens with one attached hydrogen (secondary N) is 2. The van der Waals surface area contributed by atoms with Gasteiger partial charge in [-0.05, 0) is 50.6 Å². The summed E-state index contributed by atoms with van der Waals surface area (Å²) in [5, 5.41) is 22.5. The molecule has 1 aromatic carbocycles. The quantitative estimate of drug-likeness (QED) is 0.565. The van der Waals surface area contributed by atoms with E-state index in [1.165, 1.54) is 10.9 Å². The van der Waals surface area contributed by atoms with Crippen molar-refractivity contribution in [2.45, 2.75) is 37.5 Å². The fourth-order valence-electron chi connectivity index (χ4n) is 3.81. The van der Waals surface area contributed by atoms with Crippen LogP contribution in [0.3, 0.4) is 0 Å². The molecule has 176 valence electrons. The number of carboxylic acids is 1. The van der Waals surface area contributed by atoms with Gasteiger partial charge in [0, 0.05) is 25.3 Å². The number of carbonyl (C=O) groups excluding carboxylic acids is 1. The van der Waals surface area contributed by atoms with Gasteiger partial charge in [-0.15, -0.1) is 29.9 Å². The van der Waals surface area contributed by atoms with Crippen LogP contribution in [0.2, 0.25) is 0 Å². The van der Waals surface area contributed by atoms with E-state index in [2.05, 4.69) is 32.9 Å². The Morgan fingerprint density at radius 3 is 2.50 bits per heavy atom. The summed E-state index contributed by atoms with van der Waals surface area (Å²) in [7, 11) is 2.12. The number of aromatic carboxylic acids is 1. The first-order valence-corrected chi connectivity index (χ1v) is 10.1. The maximum absolute atomic E-state index is 12.6. The molecular weight excluding hydrogens is 459 g/mol. The fourth-order valence-corrected chi connectivity index (χ4v) is 3.81. The zero-order valence-electron chi connectivity index (χ0n) is 17.6. The Morgan fingerprint density at radius 2 is 1.88 bits per heavy atom. The van der Waals surface area contributed by atoms with Crippen LogP contribution in [0.1, 0.15) is 35.8 Å². The van der Waals surface area contributed by atoms with Crippen molar-refractivity contribution < 1.29 is 19.4 Å². The van der Waals surface area contributed by atoms with Crippen LogP contribution >= 0.6 is 24.8 Å². The standard InChI is InChI=1S/C20H26N6O4.2ClH/c1-25-8-6-16(7-9-25)30-15-4-2-13(3-5-15)22-19(27)17-10-14(11-21-17)26-12-18(20(28)29)23-24-26;;/h2-5,12,14,16-17,21H,6-11H2,1H3,(H,22,27)(H,28,29);2*1H/t14-,17+;;/m1../s1. The van der Waals surface area contributed by atoms with Crippen LogP contribution in [-0.2, 0) is 4.79 Å². The van der Waals surface area contributed by atoms with E-state index < -0.39 is 5.97 Å². The van der Waals surface area contributed by atoms with Crippen molar-refractivity contribution >= 4 is 42.4 Å². The van der Waals surface area contributed by atoms with Gasteiger partial charge in [0.25, 0.3) is 0 Å². The van der Waals surface area contributed by atoms with E-state index >= 15 is 0 Å². The molecule has 0 unspecified atom stereocenters. The molecule has 2 aromatic rings. The summed E-state index contributed by atoms with van der Waals surface area (Å²) in [5.41, 5.74) is 0.598. The van der Waals surface area contributed by atoms with Crippen LogP contribution in [0.25, 0.3) is 0 Å². The highest BCUT2D eigenvalue weighted by atomic mass is 35.5. The Labute approximate surface area is 198 Å². The van der Waals surface area contributed by atoms with Gasteiger partial charge in [0.05, 0.1) is 18.3 Å². The monoisotopic (exact) mass is 486 g/mol. The van der Waals surface area contributed by atoms with Crippen molar-refractivity contribution in [3.05, 3.63) is 36.2 Å². The number of carbonyl (C=O) groups is 2. The lowest BCUT2D eigenvalue weighted by Gasteiger charge is -2.29. The largest absolute Gasteiger partial charge is 0.490 e. The number of carboxylic acid groups (broad SMARTS) is 1. The first kappa shape index (κ1) is 25.9. The topological polar surface area (TPSA) is 122 Å². The average molecular weight is 487 g/mol. The van der Waals surface area contributed by atoms with E-state index in [-0.39, 0.29) is 54.6 Å². The molecule has 0 saturated carbocycles. The molecule has 2 fully saturated rings. The zero-order chi connectivity index (χ0) is 21.1. The molecule has 4 rings (SSSR count). The normalized spacial score (nSPS) is 21.3. The molecule has 1 aromatic heterocycles. The Balaban J connectivity index is 0.00000181. The third-order valence-electron chi connectivity index (χ3n) is 5.62. The summed E-state index contributed by atoms with van der Waals surface area (Å²) < 4.78 is 7.54. The zero-order valence-corrected chi connectivity index (χ0v) is 19.3. The number of anilines is 1. The van der Waals surface area contributed by atoms with Gasteiger partial charge in [-0.1, -0.05) is 5.21 Å². The highest BCUT2D eigenvalue weighted by Gasteiger charge is 2.31. The molecule has 0 radical (unpaired) electrons. The average Bonchev–Trinajstić information content (AvgIpc) is 3.41. The van der Waals surface area contributed by atoms with Crippen LogP contribution in [0.4, 0.5) is 5.69 Å². The number of halogens is 2. The molecule has 2 aliphatic rings. The van der Waals surface area contributed by atoms with E-state index in [9.17, 15) is 9.59 Å². The predicted octanol–water partition coefficient (Wildman–Crippen LogP) is 1.83. The molecule has 32 heavy (non-hydrogen) atoms. The van der Waals surface area contributed by atoms with E-state index in [1.807, 2.05) is 24.3 Å². The minimum absolute atomic E-state index is 0. The predicted molar refractivity (Wildman–Crippen MR) is 123 cm³/mol. The number of ether oxygens (including phenoxy) is 1.